The molecular weight excluding hydrogens is 591 g/mol. The summed E-state index contributed by atoms with van der Waals surface area (Å²) in [6, 6.07) is 21.8. The number of carbonyl (C=O) groups is 3. The highest BCUT2D eigenvalue weighted by Gasteiger charge is 2.37. The smallest absolute Gasteiger partial charge is 0.485 e. The number of rotatable bonds is 5. The average Bonchev–Trinajstić information content (AvgIpc) is 2.91. The van der Waals surface area contributed by atoms with Crippen molar-refractivity contribution in [2.45, 2.75) is 25.9 Å². The van der Waals surface area contributed by atoms with Crippen molar-refractivity contribution in [1.82, 2.24) is 0 Å². The number of carbonyl (C=O) groups excluding carboxylic acids is 1. The Kier molecular flexibility index (Phi) is 8.25. The fraction of sp³-hybridized carbons (Fsp3) is 0.133. The average molecular weight is 614 g/mol. The first-order valence-corrected chi connectivity index (χ1v) is 13.8. The highest BCUT2D eigenvalue weighted by molar-refractivity contribution is 7.86. The normalized spacial score (nSPS) is 11.8. The van der Waals surface area contributed by atoms with E-state index < -0.39 is 27.6 Å². The van der Waals surface area contributed by atoms with Gasteiger partial charge in [0.1, 0.15) is 0 Å². The summed E-state index contributed by atoms with van der Waals surface area (Å²) in [6.07, 6.45) is 0. The molecule has 2 N–H and O–H groups in total. The van der Waals surface area contributed by atoms with Crippen LogP contribution in [0, 0.1) is 6.92 Å². The van der Waals surface area contributed by atoms with Gasteiger partial charge in [-0.25, -0.2) is 18.0 Å². The summed E-state index contributed by atoms with van der Waals surface area (Å²) in [6.45, 7) is 3.12. The molecule has 4 aromatic carbocycles. The number of fused-ring (bicyclic) bond motifs is 3. The van der Waals surface area contributed by atoms with Crippen LogP contribution in [0.1, 0.15) is 33.2 Å². The van der Waals surface area contributed by atoms with Crippen LogP contribution in [0.15, 0.2) is 72.8 Å². The maximum Gasteiger partial charge on any atom is 0.485 e. The van der Waals surface area contributed by atoms with E-state index in [2.05, 4.69) is 0 Å². The lowest BCUT2D eigenvalue weighted by molar-refractivity contribution is -0.633. The Morgan fingerprint density at radius 3 is 1.93 bits per heavy atom. The van der Waals surface area contributed by atoms with Gasteiger partial charge < -0.3 is 14.8 Å². The summed E-state index contributed by atoms with van der Waals surface area (Å²) in [5.41, 5.74) is -1.56. The van der Waals surface area contributed by atoms with Gasteiger partial charge in [-0.3, -0.25) is 4.79 Å². The maximum absolute atomic E-state index is 12.7. The standard InChI is InChI=1S/C29H21NO5.CHF3O3S/c1-16-14-22(17(2)31)18-8-3-4-9-19(18)26(16)21-11-7-13-24-27(21)28(29(34)35)20-10-5-6-12-23(20)30(24)15-25(32)33;2-1(3,4)8(5,6)7/h3-14H,15H2,1-2H3,(H-,32,33,34,35);(H,5,6,7). The maximum atomic E-state index is 12.7. The van der Waals surface area contributed by atoms with Gasteiger partial charge in [-0.15, -0.1) is 0 Å². The van der Waals surface area contributed by atoms with E-state index in [0.29, 0.717) is 32.9 Å². The molecular formula is C30H22F3NO8S. The van der Waals surface area contributed by atoms with E-state index in [-0.39, 0.29) is 17.9 Å². The molecule has 0 saturated heterocycles. The first-order chi connectivity index (χ1) is 20.0. The summed E-state index contributed by atoms with van der Waals surface area (Å²) < 4.78 is 60.5. The molecule has 9 nitrogen and oxygen atoms in total. The Balaban J connectivity index is 0.000000467. The molecule has 0 saturated carbocycles. The topological polar surface area (TPSA) is 153 Å². The number of aliphatic carboxylic acids is 1. The number of aromatic carboxylic acids is 1. The number of hydrogen-bond donors (Lipinski definition) is 2. The molecule has 1 aromatic heterocycles. The van der Waals surface area contributed by atoms with E-state index in [1.165, 1.54) is 6.92 Å². The molecule has 5 aromatic rings. The van der Waals surface area contributed by atoms with Crippen LogP contribution in [0.25, 0.3) is 43.7 Å². The van der Waals surface area contributed by atoms with Crippen LogP contribution in [0.3, 0.4) is 0 Å². The van der Waals surface area contributed by atoms with E-state index in [1.807, 2.05) is 49.4 Å². The fourth-order valence-electron chi connectivity index (χ4n) is 5.11. The molecule has 0 bridgehead atoms. The zero-order chi connectivity index (χ0) is 31.9. The number of nitrogens with zero attached hydrogens (tertiary/aromatic N) is 1. The lowest BCUT2D eigenvalue weighted by atomic mass is 9.86. The summed E-state index contributed by atoms with van der Waals surface area (Å²) in [7, 11) is -6.09. The number of carboxylic acids is 2. The van der Waals surface area contributed by atoms with E-state index >= 15 is 0 Å². The van der Waals surface area contributed by atoms with Gasteiger partial charge in [0.25, 0.3) is 0 Å². The van der Waals surface area contributed by atoms with Crippen molar-refractivity contribution in [1.29, 1.82) is 0 Å². The van der Waals surface area contributed by atoms with E-state index in [0.717, 1.165) is 21.9 Å². The minimum Gasteiger partial charge on any atom is -0.741 e. The van der Waals surface area contributed by atoms with Gasteiger partial charge in [-0.1, -0.05) is 48.5 Å². The zero-order valence-corrected chi connectivity index (χ0v) is 23.3. The number of aryl methyl sites for hydroxylation is 1. The third kappa shape index (κ3) is 5.90. The number of hydrogen-bond acceptors (Lipinski definition) is 6. The molecule has 0 spiro atoms. The summed E-state index contributed by atoms with van der Waals surface area (Å²) in [5.74, 6) is -2.17. The van der Waals surface area contributed by atoms with E-state index in [4.69, 9.17) is 13.0 Å². The van der Waals surface area contributed by atoms with Gasteiger partial charge in [0, 0.05) is 17.7 Å². The van der Waals surface area contributed by atoms with Crippen LogP contribution in [-0.2, 0) is 21.5 Å². The van der Waals surface area contributed by atoms with Crippen LogP contribution in [0.2, 0.25) is 0 Å². The molecule has 0 aliphatic carbocycles. The first kappa shape index (κ1) is 31.1. The number of aromatic nitrogens is 1. The molecule has 0 aliphatic heterocycles. The third-order valence-electron chi connectivity index (χ3n) is 6.73. The van der Waals surface area contributed by atoms with Gasteiger partial charge in [-0.2, -0.15) is 17.7 Å². The molecule has 43 heavy (non-hydrogen) atoms. The van der Waals surface area contributed by atoms with Crippen molar-refractivity contribution in [3.8, 4) is 11.1 Å². The fourth-order valence-corrected chi connectivity index (χ4v) is 5.11. The second kappa shape index (κ2) is 11.4. The van der Waals surface area contributed by atoms with E-state index in [9.17, 15) is 37.8 Å². The molecule has 222 valence electrons. The number of carboxylic acid groups (broad SMARTS) is 2. The quantitative estimate of drug-likeness (QED) is 0.0873. The van der Waals surface area contributed by atoms with Crippen molar-refractivity contribution in [2.75, 3.05) is 0 Å². The lowest BCUT2D eigenvalue weighted by Gasteiger charge is -2.17. The number of halogens is 3. The second-order valence-electron chi connectivity index (χ2n) is 9.49. The Hall–Kier alpha value is -4.88. The van der Waals surface area contributed by atoms with Gasteiger partial charge in [0.2, 0.25) is 17.6 Å². The third-order valence-corrected chi connectivity index (χ3v) is 7.30. The SMILES string of the molecule is CC(=O)c1cc(C)c(-c2cccc3c2c(C(=O)O)c2ccccc2[n+]3CC(=O)O)c2ccccc12.O=S(=O)([O-])C(F)(F)F. The highest BCUT2D eigenvalue weighted by atomic mass is 32.2. The lowest BCUT2D eigenvalue weighted by Crippen LogP contribution is -2.40. The number of pyridine rings is 1. The van der Waals surface area contributed by atoms with Crippen molar-refractivity contribution < 1.29 is 55.3 Å². The Bertz CT molecular complexity index is 2070. The van der Waals surface area contributed by atoms with Crippen LogP contribution >= 0.6 is 0 Å². The van der Waals surface area contributed by atoms with Gasteiger partial charge in [0.05, 0.1) is 16.3 Å². The minimum atomic E-state index is -6.09. The molecule has 0 unspecified atom stereocenters. The van der Waals surface area contributed by atoms with Crippen LogP contribution in [0.4, 0.5) is 13.2 Å². The highest BCUT2D eigenvalue weighted by Crippen LogP contribution is 2.40. The first-order valence-electron chi connectivity index (χ1n) is 12.4. The van der Waals surface area contributed by atoms with Gasteiger partial charge in [-0.05, 0) is 53.4 Å². The number of para-hydroxylation sites is 1. The molecule has 0 amide bonds. The van der Waals surface area contributed by atoms with Crippen molar-refractivity contribution in [3.63, 3.8) is 0 Å². The van der Waals surface area contributed by atoms with Crippen molar-refractivity contribution >= 4 is 60.4 Å². The molecule has 13 heteroatoms. The predicted octanol–water partition coefficient (Wildman–Crippen LogP) is 5.45. The summed E-state index contributed by atoms with van der Waals surface area (Å²) >= 11 is 0. The molecule has 0 fully saturated rings. The van der Waals surface area contributed by atoms with Crippen molar-refractivity contribution in [2.24, 2.45) is 0 Å². The monoisotopic (exact) mass is 613 g/mol. The second-order valence-corrected chi connectivity index (χ2v) is 10.9. The number of ketones is 1. The Labute approximate surface area is 242 Å². The Morgan fingerprint density at radius 2 is 1.40 bits per heavy atom. The van der Waals surface area contributed by atoms with Crippen molar-refractivity contribution in [3.05, 3.63) is 89.5 Å². The zero-order valence-electron chi connectivity index (χ0n) is 22.5. The van der Waals surface area contributed by atoms with Gasteiger partial charge in [0.15, 0.2) is 15.9 Å². The molecule has 5 rings (SSSR count). The molecule has 0 aliphatic rings. The Morgan fingerprint density at radius 1 is 0.860 bits per heavy atom. The van der Waals surface area contributed by atoms with Crippen LogP contribution in [-0.4, -0.2) is 46.4 Å². The molecule has 0 radical (unpaired) electrons. The summed E-state index contributed by atoms with van der Waals surface area (Å²) in [5, 5.41) is 22.5. The number of alkyl halides is 3. The van der Waals surface area contributed by atoms with E-state index in [1.54, 1.807) is 34.9 Å². The minimum absolute atomic E-state index is 0.0507. The van der Waals surface area contributed by atoms with Crippen LogP contribution in [0.5, 0.6) is 0 Å². The molecule has 1 heterocycles. The predicted molar refractivity (Wildman–Crippen MR) is 150 cm³/mol. The number of benzene rings is 4. The van der Waals surface area contributed by atoms with Crippen LogP contribution < -0.4 is 4.57 Å². The largest absolute Gasteiger partial charge is 0.741 e. The van der Waals surface area contributed by atoms with Gasteiger partial charge >= 0.3 is 17.4 Å². The summed E-state index contributed by atoms with van der Waals surface area (Å²) in [4.78, 5) is 36.8. The number of Topliss-reactive ketones (excluding diaryl/α,β-unsaturated/α-hetero) is 1. The molecule has 0 atom stereocenters.